The first kappa shape index (κ1) is 18.0. The largest absolute Gasteiger partial charge is 0.481 e. The van der Waals surface area contributed by atoms with E-state index in [0.717, 1.165) is 54.9 Å². The van der Waals surface area contributed by atoms with Crippen LogP contribution in [0, 0.1) is 6.92 Å². The fourth-order valence-corrected chi connectivity index (χ4v) is 4.54. The Bertz CT molecular complexity index is 869. The summed E-state index contributed by atoms with van der Waals surface area (Å²) in [5.74, 6) is 0.324. The average Bonchev–Trinajstić information content (AvgIpc) is 2.94. The average molecular weight is 385 g/mol. The summed E-state index contributed by atoms with van der Waals surface area (Å²) in [6.45, 7) is 6.66. The number of nitrogens with zero attached hydrogens (tertiary/aromatic N) is 3. The van der Waals surface area contributed by atoms with E-state index >= 15 is 0 Å². The Labute approximate surface area is 163 Å². The van der Waals surface area contributed by atoms with Gasteiger partial charge in [0.15, 0.2) is 0 Å². The maximum atomic E-state index is 10.7. The zero-order valence-electron chi connectivity index (χ0n) is 15.4. The van der Waals surface area contributed by atoms with Crippen LogP contribution in [-0.4, -0.2) is 59.4 Å². The number of aliphatic imine (C=N–C) groups is 1. The van der Waals surface area contributed by atoms with Gasteiger partial charge in [0.2, 0.25) is 0 Å². The highest BCUT2D eigenvalue weighted by Crippen LogP contribution is 2.39. The number of piperazine rings is 1. The van der Waals surface area contributed by atoms with Gasteiger partial charge in [-0.1, -0.05) is 12.1 Å². The fourth-order valence-electron chi connectivity index (χ4n) is 3.62. The Hall–Kier alpha value is -2.38. The van der Waals surface area contributed by atoms with E-state index in [4.69, 9.17) is 10.1 Å². The highest BCUT2D eigenvalue weighted by Gasteiger charge is 2.26. The molecule has 0 saturated carbocycles. The van der Waals surface area contributed by atoms with Crippen molar-refractivity contribution >= 4 is 39.5 Å². The van der Waals surface area contributed by atoms with Crippen molar-refractivity contribution in [1.82, 2.24) is 9.80 Å². The molecule has 7 heteroatoms. The summed E-state index contributed by atoms with van der Waals surface area (Å²) in [6.07, 6.45) is 0.953. The van der Waals surface area contributed by atoms with Gasteiger partial charge in [0.25, 0.3) is 0 Å². The number of amidine groups is 1. The monoisotopic (exact) mass is 384 g/mol. The van der Waals surface area contributed by atoms with Gasteiger partial charge in [0.05, 0.1) is 16.9 Å². The second-order valence-electron chi connectivity index (χ2n) is 7.00. The van der Waals surface area contributed by atoms with E-state index in [1.165, 1.54) is 10.4 Å². The van der Waals surface area contributed by atoms with E-state index < -0.39 is 5.97 Å². The van der Waals surface area contributed by atoms with Crippen molar-refractivity contribution in [2.75, 3.05) is 38.0 Å². The maximum absolute atomic E-state index is 10.7. The van der Waals surface area contributed by atoms with Crippen LogP contribution in [-0.2, 0) is 4.79 Å². The number of anilines is 2. The van der Waals surface area contributed by atoms with Gasteiger partial charge in [0.1, 0.15) is 10.8 Å². The molecule has 0 amide bonds. The van der Waals surface area contributed by atoms with Crippen molar-refractivity contribution in [1.29, 1.82) is 0 Å². The number of carboxylic acid groups (broad SMARTS) is 1. The van der Waals surface area contributed by atoms with Crippen LogP contribution < -0.4 is 5.32 Å². The van der Waals surface area contributed by atoms with Crippen LogP contribution in [0.25, 0.3) is 0 Å². The predicted octanol–water partition coefficient (Wildman–Crippen LogP) is 3.67. The van der Waals surface area contributed by atoms with Gasteiger partial charge in [-0.25, -0.2) is 4.99 Å². The van der Waals surface area contributed by atoms with Crippen molar-refractivity contribution in [3.05, 3.63) is 40.8 Å². The number of benzene rings is 1. The molecule has 0 bridgehead atoms. The lowest BCUT2D eigenvalue weighted by atomic mass is 10.2. The van der Waals surface area contributed by atoms with E-state index in [2.05, 4.69) is 34.2 Å². The number of nitrogens with one attached hydrogen (secondary N) is 1. The Balaban J connectivity index is 1.52. The molecule has 0 unspecified atom stereocenters. The SMILES string of the molecule is Cc1cc2c(s1)Nc1ccccc1N=C2N1CCN(CCCC(=O)O)CC1. The number of carbonyl (C=O) groups is 1. The molecule has 1 saturated heterocycles. The molecule has 142 valence electrons. The van der Waals surface area contributed by atoms with Crippen molar-refractivity contribution < 1.29 is 9.90 Å². The smallest absolute Gasteiger partial charge is 0.303 e. The van der Waals surface area contributed by atoms with Gasteiger partial charge in [-0.05, 0) is 38.1 Å². The summed E-state index contributed by atoms with van der Waals surface area (Å²) in [7, 11) is 0. The highest BCUT2D eigenvalue weighted by molar-refractivity contribution is 7.16. The molecule has 2 aliphatic heterocycles. The van der Waals surface area contributed by atoms with E-state index in [1.54, 1.807) is 11.3 Å². The van der Waals surface area contributed by atoms with Crippen LogP contribution in [0.5, 0.6) is 0 Å². The third-order valence-corrected chi connectivity index (χ3v) is 5.98. The van der Waals surface area contributed by atoms with Crippen LogP contribution in [0.2, 0.25) is 0 Å². The number of para-hydroxylation sites is 2. The Kier molecular flexibility index (Phi) is 5.13. The van der Waals surface area contributed by atoms with E-state index in [9.17, 15) is 4.79 Å². The number of aliphatic carboxylic acids is 1. The Morgan fingerprint density at radius 1 is 1.26 bits per heavy atom. The summed E-state index contributed by atoms with van der Waals surface area (Å²) in [4.78, 5) is 21.7. The van der Waals surface area contributed by atoms with Gasteiger partial charge >= 0.3 is 5.97 Å². The molecule has 0 radical (unpaired) electrons. The molecule has 3 heterocycles. The molecule has 1 aromatic carbocycles. The van der Waals surface area contributed by atoms with Crippen LogP contribution >= 0.6 is 11.3 Å². The minimum atomic E-state index is -0.715. The first-order chi connectivity index (χ1) is 13.1. The van der Waals surface area contributed by atoms with Crippen LogP contribution in [0.3, 0.4) is 0 Å². The Morgan fingerprint density at radius 2 is 2.04 bits per heavy atom. The molecular formula is C20H24N4O2S. The number of rotatable bonds is 4. The molecule has 0 aliphatic carbocycles. The van der Waals surface area contributed by atoms with Crippen molar-refractivity contribution in [2.24, 2.45) is 4.99 Å². The predicted molar refractivity (Wildman–Crippen MR) is 110 cm³/mol. The molecule has 2 N–H and O–H groups in total. The molecule has 1 fully saturated rings. The molecule has 6 nitrogen and oxygen atoms in total. The number of hydrogen-bond acceptors (Lipinski definition) is 6. The van der Waals surface area contributed by atoms with Crippen molar-refractivity contribution in [3.63, 3.8) is 0 Å². The quantitative estimate of drug-likeness (QED) is 0.842. The maximum Gasteiger partial charge on any atom is 0.303 e. The van der Waals surface area contributed by atoms with Crippen LogP contribution in [0.4, 0.5) is 16.4 Å². The van der Waals surface area contributed by atoms with E-state index in [1.807, 2.05) is 18.2 Å². The summed E-state index contributed by atoms with van der Waals surface area (Å²) in [5.41, 5.74) is 3.19. The van der Waals surface area contributed by atoms with Gasteiger partial charge in [-0.15, -0.1) is 11.3 Å². The second kappa shape index (κ2) is 7.70. The molecule has 1 aromatic heterocycles. The summed E-state index contributed by atoms with van der Waals surface area (Å²) >= 11 is 1.76. The molecule has 4 rings (SSSR count). The van der Waals surface area contributed by atoms with E-state index in [0.29, 0.717) is 6.42 Å². The van der Waals surface area contributed by atoms with Crippen molar-refractivity contribution in [2.45, 2.75) is 19.8 Å². The lowest BCUT2D eigenvalue weighted by molar-refractivity contribution is -0.137. The second-order valence-corrected chi connectivity index (χ2v) is 8.26. The zero-order chi connectivity index (χ0) is 18.8. The minimum absolute atomic E-state index is 0.243. The fraction of sp³-hybridized carbons (Fsp3) is 0.400. The van der Waals surface area contributed by atoms with Gasteiger partial charge in [-0.2, -0.15) is 0 Å². The lowest BCUT2D eigenvalue weighted by Crippen LogP contribution is -2.49. The summed E-state index contributed by atoms with van der Waals surface area (Å²) in [5, 5.41) is 13.5. The first-order valence-electron chi connectivity index (χ1n) is 9.35. The van der Waals surface area contributed by atoms with Crippen molar-refractivity contribution in [3.8, 4) is 0 Å². The van der Waals surface area contributed by atoms with Crippen LogP contribution in [0.1, 0.15) is 23.3 Å². The topological polar surface area (TPSA) is 68.2 Å². The highest BCUT2D eigenvalue weighted by atomic mass is 32.1. The third kappa shape index (κ3) is 3.99. The number of fused-ring (bicyclic) bond motifs is 2. The van der Waals surface area contributed by atoms with Gasteiger partial charge in [0, 0.05) is 37.5 Å². The number of carboxylic acids is 1. The standard InChI is InChI=1S/C20H24N4O2S/c1-14-13-15-19(21-16-5-2-3-6-17(16)22-20(15)27-14)24-11-9-23(10-12-24)8-4-7-18(25)26/h2-3,5-6,13,22H,4,7-12H2,1H3,(H,25,26). The first-order valence-corrected chi connectivity index (χ1v) is 10.2. The van der Waals surface area contributed by atoms with Crippen LogP contribution in [0.15, 0.2) is 35.3 Å². The molecule has 2 aliphatic rings. The molecule has 2 aromatic rings. The number of hydrogen-bond donors (Lipinski definition) is 2. The summed E-state index contributed by atoms with van der Waals surface area (Å²) in [6, 6.07) is 10.4. The Morgan fingerprint density at radius 3 is 2.81 bits per heavy atom. The lowest BCUT2D eigenvalue weighted by Gasteiger charge is -2.36. The number of thiophene rings is 1. The van der Waals surface area contributed by atoms with Gasteiger partial charge in [-0.3, -0.25) is 9.69 Å². The molecule has 0 atom stereocenters. The normalized spacial score (nSPS) is 16.8. The minimum Gasteiger partial charge on any atom is -0.481 e. The number of aryl methyl sites for hydroxylation is 1. The van der Waals surface area contributed by atoms with E-state index in [-0.39, 0.29) is 6.42 Å². The molecule has 27 heavy (non-hydrogen) atoms. The molecule has 0 spiro atoms. The molecular weight excluding hydrogens is 360 g/mol. The summed E-state index contributed by atoms with van der Waals surface area (Å²) < 4.78 is 0. The zero-order valence-corrected chi connectivity index (χ0v) is 16.3. The third-order valence-electron chi connectivity index (χ3n) is 5.01. The van der Waals surface area contributed by atoms with Gasteiger partial charge < -0.3 is 15.3 Å².